The first-order valence-electron chi connectivity index (χ1n) is 3.67. The Balaban J connectivity index is 2.44. The Bertz CT molecular complexity index is 299. The van der Waals surface area contributed by atoms with E-state index in [0.717, 1.165) is 17.9 Å². The van der Waals surface area contributed by atoms with Gasteiger partial charge in [0.15, 0.2) is 0 Å². The smallest absolute Gasteiger partial charge is 0.129 e. The molecular weight excluding hydrogens is 204 g/mol. The third kappa shape index (κ3) is 1.27. The largest absolute Gasteiger partial charge is 0.462 e. The molecule has 0 aliphatic heterocycles. The zero-order valence-electron chi connectivity index (χ0n) is 6.30. The highest BCUT2D eigenvalue weighted by atomic mass is 79.9. The third-order valence-electron chi connectivity index (χ3n) is 1.84. The molecule has 11 heavy (non-hydrogen) atoms. The van der Waals surface area contributed by atoms with Crippen molar-refractivity contribution in [2.75, 3.05) is 0 Å². The molecule has 2 rings (SSSR count). The second-order valence-corrected chi connectivity index (χ2v) is 4.00. The van der Waals surface area contributed by atoms with Gasteiger partial charge >= 0.3 is 0 Å². The highest BCUT2D eigenvalue weighted by Crippen LogP contribution is 2.25. The Kier molecular flexibility index (Phi) is 1.64. The lowest BCUT2D eigenvalue weighted by Gasteiger charge is -2.07. The molecule has 1 nitrogen and oxygen atoms in total. The number of aryl methyl sites for hydroxylation is 1. The Labute approximate surface area is 74.2 Å². The quantitative estimate of drug-likeness (QED) is 0.604. The van der Waals surface area contributed by atoms with E-state index in [-0.39, 0.29) is 0 Å². The fourth-order valence-corrected chi connectivity index (χ4v) is 1.86. The van der Waals surface area contributed by atoms with E-state index >= 15 is 0 Å². The molecular formula is C9H9BrO. The van der Waals surface area contributed by atoms with E-state index in [1.165, 1.54) is 5.56 Å². The van der Waals surface area contributed by atoms with Crippen molar-refractivity contribution in [1.29, 1.82) is 0 Å². The Morgan fingerprint density at radius 1 is 1.64 bits per heavy atom. The number of halogens is 1. The highest BCUT2D eigenvalue weighted by molar-refractivity contribution is 9.09. The molecule has 58 valence electrons. The lowest BCUT2D eigenvalue weighted by molar-refractivity contribution is 0.521. The van der Waals surface area contributed by atoms with Crippen molar-refractivity contribution in [3.8, 4) is 0 Å². The van der Waals surface area contributed by atoms with Crippen LogP contribution in [0, 0.1) is 6.92 Å². The van der Waals surface area contributed by atoms with E-state index in [9.17, 15) is 0 Å². The molecule has 0 spiro atoms. The minimum atomic E-state index is 0.479. The molecule has 0 radical (unpaired) electrons. The van der Waals surface area contributed by atoms with Crippen molar-refractivity contribution in [1.82, 2.24) is 0 Å². The van der Waals surface area contributed by atoms with E-state index in [2.05, 4.69) is 28.1 Å². The van der Waals surface area contributed by atoms with Gasteiger partial charge in [0.05, 0.1) is 0 Å². The SMILES string of the molecule is Cc1cc2c(o1)C=CC(Br)C2. The van der Waals surface area contributed by atoms with Gasteiger partial charge in [0.2, 0.25) is 0 Å². The molecule has 1 heterocycles. The number of allylic oxidation sites excluding steroid dienone is 1. The Hall–Kier alpha value is -0.500. The summed E-state index contributed by atoms with van der Waals surface area (Å²) in [6.07, 6.45) is 5.19. The van der Waals surface area contributed by atoms with Gasteiger partial charge in [-0.15, -0.1) is 0 Å². The monoisotopic (exact) mass is 212 g/mol. The molecule has 0 fully saturated rings. The molecule has 0 bridgehead atoms. The van der Waals surface area contributed by atoms with E-state index < -0.39 is 0 Å². The van der Waals surface area contributed by atoms with Crippen LogP contribution in [0.3, 0.4) is 0 Å². The average Bonchev–Trinajstić information content (AvgIpc) is 2.27. The summed E-state index contributed by atoms with van der Waals surface area (Å²) in [5.74, 6) is 2.03. The number of hydrogen-bond acceptors (Lipinski definition) is 1. The zero-order chi connectivity index (χ0) is 7.84. The maximum Gasteiger partial charge on any atom is 0.129 e. The van der Waals surface area contributed by atoms with Crippen LogP contribution >= 0.6 is 15.9 Å². The summed E-state index contributed by atoms with van der Waals surface area (Å²) in [4.78, 5) is 0.479. The summed E-state index contributed by atoms with van der Waals surface area (Å²) >= 11 is 3.54. The summed E-state index contributed by atoms with van der Waals surface area (Å²) in [6.45, 7) is 1.98. The molecule has 1 aromatic heterocycles. The molecule has 1 aromatic rings. The second-order valence-electron chi connectivity index (χ2n) is 2.83. The van der Waals surface area contributed by atoms with Crippen LogP contribution in [0.1, 0.15) is 17.1 Å². The fourth-order valence-electron chi connectivity index (χ4n) is 1.36. The molecule has 1 aliphatic rings. The average molecular weight is 213 g/mol. The first-order valence-corrected chi connectivity index (χ1v) is 4.59. The van der Waals surface area contributed by atoms with Gasteiger partial charge in [-0.25, -0.2) is 0 Å². The van der Waals surface area contributed by atoms with Crippen molar-refractivity contribution >= 4 is 22.0 Å². The van der Waals surface area contributed by atoms with Crippen LogP contribution in [0.4, 0.5) is 0 Å². The van der Waals surface area contributed by atoms with Gasteiger partial charge in [0.25, 0.3) is 0 Å². The van der Waals surface area contributed by atoms with Crippen LogP contribution in [-0.4, -0.2) is 4.83 Å². The molecule has 0 amide bonds. The van der Waals surface area contributed by atoms with Crippen molar-refractivity contribution in [2.45, 2.75) is 18.2 Å². The highest BCUT2D eigenvalue weighted by Gasteiger charge is 2.14. The van der Waals surface area contributed by atoms with Gasteiger partial charge in [-0.05, 0) is 31.1 Å². The van der Waals surface area contributed by atoms with Gasteiger partial charge in [-0.3, -0.25) is 0 Å². The molecule has 1 atom stereocenters. The number of alkyl halides is 1. The van der Waals surface area contributed by atoms with Gasteiger partial charge in [0, 0.05) is 4.83 Å². The number of fused-ring (bicyclic) bond motifs is 1. The summed E-state index contributed by atoms with van der Waals surface area (Å²) in [6, 6.07) is 2.10. The van der Waals surface area contributed by atoms with Crippen LogP contribution in [0.5, 0.6) is 0 Å². The van der Waals surface area contributed by atoms with Gasteiger partial charge in [-0.1, -0.05) is 22.0 Å². The standard InChI is InChI=1S/C9H9BrO/c1-6-4-7-5-8(10)2-3-9(7)11-6/h2-4,8H,5H2,1H3. The maximum atomic E-state index is 5.45. The van der Waals surface area contributed by atoms with Crippen molar-refractivity contribution in [2.24, 2.45) is 0 Å². The van der Waals surface area contributed by atoms with Crippen molar-refractivity contribution in [3.63, 3.8) is 0 Å². The van der Waals surface area contributed by atoms with Crippen molar-refractivity contribution < 1.29 is 4.42 Å². The summed E-state index contributed by atoms with van der Waals surface area (Å²) in [5.41, 5.74) is 1.31. The summed E-state index contributed by atoms with van der Waals surface area (Å²) < 4.78 is 5.45. The first kappa shape index (κ1) is 7.17. The van der Waals surface area contributed by atoms with Crippen molar-refractivity contribution in [3.05, 3.63) is 29.2 Å². The van der Waals surface area contributed by atoms with Crippen LogP contribution in [-0.2, 0) is 6.42 Å². The topological polar surface area (TPSA) is 13.1 Å². The predicted octanol–water partition coefficient (Wildman–Crippen LogP) is 2.92. The predicted molar refractivity (Wildman–Crippen MR) is 48.9 cm³/mol. The zero-order valence-corrected chi connectivity index (χ0v) is 7.89. The molecule has 0 N–H and O–H groups in total. The molecule has 0 saturated carbocycles. The number of hydrogen-bond donors (Lipinski definition) is 0. The van der Waals surface area contributed by atoms with Gasteiger partial charge < -0.3 is 4.42 Å². The lowest BCUT2D eigenvalue weighted by atomic mass is 10.1. The Morgan fingerprint density at radius 3 is 3.27 bits per heavy atom. The van der Waals surface area contributed by atoms with Crippen LogP contribution < -0.4 is 0 Å². The maximum absolute atomic E-state index is 5.45. The number of furan rings is 1. The molecule has 1 aliphatic carbocycles. The van der Waals surface area contributed by atoms with Gasteiger partial charge in [-0.2, -0.15) is 0 Å². The minimum absolute atomic E-state index is 0.479. The lowest BCUT2D eigenvalue weighted by Crippen LogP contribution is -2.02. The first-order chi connectivity index (χ1) is 5.25. The van der Waals surface area contributed by atoms with E-state index in [1.54, 1.807) is 0 Å². The normalized spacial score (nSPS) is 21.8. The molecule has 1 unspecified atom stereocenters. The van der Waals surface area contributed by atoms with Crippen LogP contribution in [0.25, 0.3) is 6.08 Å². The molecule has 0 aromatic carbocycles. The van der Waals surface area contributed by atoms with E-state index in [0.29, 0.717) is 4.83 Å². The van der Waals surface area contributed by atoms with Crippen LogP contribution in [0.15, 0.2) is 16.6 Å². The third-order valence-corrected chi connectivity index (χ3v) is 2.47. The Morgan fingerprint density at radius 2 is 2.45 bits per heavy atom. The minimum Gasteiger partial charge on any atom is -0.462 e. The molecule has 0 saturated heterocycles. The second kappa shape index (κ2) is 2.52. The van der Waals surface area contributed by atoms with Gasteiger partial charge in [0.1, 0.15) is 11.5 Å². The van der Waals surface area contributed by atoms with E-state index in [4.69, 9.17) is 4.42 Å². The van der Waals surface area contributed by atoms with Crippen LogP contribution in [0.2, 0.25) is 0 Å². The fraction of sp³-hybridized carbons (Fsp3) is 0.333. The summed E-state index contributed by atoms with van der Waals surface area (Å²) in [7, 11) is 0. The van der Waals surface area contributed by atoms with E-state index in [1.807, 2.05) is 13.0 Å². The number of rotatable bonds is 0. The summed E-state index contributed by atoms with van der Waals surface area (Å²) in [5, 5.41) is 0. The molecule has 2 heteroatoms.